The van der Waals surface area contributed by atoms with Crippen LogP contribution in [0.2, 0.25) is 0 Å². The summed E-state index contributed by atoms with van der Waals surface area (Å²) in [6.45, 7) is 18.9. The second-order valence-corrected chi connectivity index (χ2v) is 19.9. The number of nitrogens with zero attached hydrogens (tertiary/aromatic N) is 3. The van der Waals surface area contributed by atoms with E-state index >= 15 is 0 Å². The molecule has 2 aliphatic rings. The van der Waals surface area contributed by atoms with Gasteiger partial charge in [0.15, 0.2) is 0 Å². The number of rotatable bonds is 21. The number of anilines is 1. The quantitative estimate of drug-likeness (QED) is 0.0680. The Bertz CT molecular complexity index is 2040. The van der Waals surface area contributed by atoms with Gasteiger partial charge in [-0.25, -0.2) is 4.79 Å². The van der Waals surface area contributed by atoms with E-state index in [2.05, 4.69) is 21.3 Å². The third kappa shape index (κ3) is 15.6. The molecule has 2 aliphatic heterocycles. The third-order valence-corrected chi connectivity index (χ3v) is 10.8. The van der Waals surface area contributed by atoms with E-state index in [1.165, 1.54) is 17.1 Å². The van der Waals surface area contributed by atoms with Crippen molar-refractivity contribution in [2.24, 2.45) is 27.9 Å². The van der Waals surface area contributed by atoms with E-state index in [1.54, 1.807) is 100 Å². The largest absolute Gasteiger partial charge is 0.460 e. The summed E-state index contributed by atoms with van der Waals surface area (Å²) in [5, 5.41) is 10.6. The van der Waals surface area contributed by atoms with Gasteiger partial charge in [-0.15, -0.1) is 0 Å². The summed E-state index contributed by atoms with van der Waals surface area (Å²) in [5.74, 6) is -5.40. The van der Waals surface area contributed by atoms with E-state index in [9.17, 15) is 47.9 Å². The highest BCUT2D eigenvalue weighted by Gasteiger charge is 2.39. The molecule has 0 spiro atoms. The SMILES string of the molecule is CC(C)[C@H](NC(=O)CCC(=O)N(CCN1C(=O)C=C(C(C)(C)C)C1=O)CCN1C(=O)C=C(C(C)(C)C)C1=O)C(=O)N[C@@H](CCCNC(N)=O)C(=O)Nc1ccc(COC(=O)C(C)(C)C)cc1. The van der Waals surface area contributed by atoms with Gasteiger partial charge in [-0.05, 0) is 68.1 Å². The summed E-state index contributed by atoms with van der Waals surface area (Å²) >= 11 is 0. The Labute approximate surface area is 387 Å². The third-order valence-electron chi connectivity index (χ3n) is 10.8. The molecule has 0 aliphatic carbocycles. The average molecular weight is 921 g/mol. The number of nitrogens with one attached hydrogen (secondary N) is 4. The maximum absolute atomic E-state index is 13.8. The van der Waals surface area contributed by atoms with Crippen LogP contribution in [0.4, 0.5) is 10.5 Å². The molecule has 0 saturated carbocycles. The highest BCUT2D eigenvalue weighted by molar-refractivity contribution is 6.17. The minimum Gasteiger partial charge on any atom is -0.460 e. The summed E-state index contributed by atoms with van der Waals surface area (Å²) in [6.07, 6.45) is 2.12. The number of hydrogen-bond donors (Lipinski definition) is 5. The minimum atomic E-state index is -1.15. The highest BCUT2D eigenvalue weighted by atomic mass is 16.5. The fraction of sp³-hybridized carbons (Fsp3) is 0.574. The minimum absolute atomic E-state index is 0.0314. The van der Waals surface area contributed by atoms with Gasteiger partial charge in [0.05, 0.1) is 5.41 Å². The van der Waals surface area contributed by atoms with Gasteiger partial charge in [-0.3, -0.25) is 53.0 Å². The molecule has 0 fully saturated rings. The number of carbonyl (C=O) groups excluding carboxylic acids is 10. The maximum Gasteiger partial charge on any atom is 0.312 e. The van der Waals surface area contributed by atoms with Crippen molar-refractivity contribution in [2.75, 3.05) is 38.0 Å². The molecule has 66 heavy (non-hydrogen) atoms. The van der Waals surface area contributed by atoms with Crippen LogP contribution in [0.25, 0.3) is 0 Å². The number of urea groups is 1. The number of benzene rings is 1. The molecule has 3 rings (SSSR count). The summed E-state index contributed by atoms with van der Waals surface area (Å²) in [5.41, 5.74) is 5.00. The molecule has 1 aromatic rings. The summed E-state index contributed by atoms with van der Waals surface area (Å²) in [7, 11) is 0. The zero-order chi connectivity index (χ0) is 49.9. The molecule has 19 heteroatoms. The van der Waals surface area contributed by atoms with Gasteiger partial charge in [0.2, 0.25) is 23.6 Å². The lowest BCUT2D eigenvalue weighted by molar-refractivity contribution is -0.154. The molecule has 0 aromatic heterocycles. The van der Waals surface area contributed by atoms with Gasteiger partial charge in [0.25, 0.3) is 23.6 Å². The number of nitrogens with two attached hydrogens (primary N) is 1. The van der Waals surface area contributed by atoms with Gasteiger partial charge in [-0.2, -0.15) is 0 Å². The lowest BCUT2D eigenvalue weighted by Crippen LogP contribution is -2.54. The van der Waals surface area contributed by atoms with Crippen molar-refractivity contribution >= 4 is 64.9 Å². The molecule has 0 bridgehead atoms. The lowest BCUT2D eigenvalue weighted by Gasteiger charge is -2.28. The Kier molecular flexibility index (Phi) is 18.5. The number of carbonyl (C=O) groups is 10. The van der Waals surface area contributed by atoms with Gasteiger partial charge in [-0.1, -0.05) is 67.5 Å². The molecule has 2 atom stereocenters. The van der Waals surface area contributed by atoms with Crippen LogP contribution in [0, 0.1) is 22.2 Å². The first-order chi connectivity index (χ1) is 30.5. The fourth-order valence-corrected chi connectivity index (χ4v) is 6.80. The Balaban J connectivity index is 1.71. The standard InChI is InChI=1S/C47H68N8O11/c1-28(2)38(40(61)51-33(13-12-20-49-44(48)65)39(60)50-30-16-14-29(15-17-30)27-66-43(64)47(9,10)11)52-34(56)18-19-35(57)53(21-23-54-36(58)25-31(41(54)62)45(3,4)5)22-24-55-37(59)26-32(42(55)63)46(6,7)8/h14-17,25-26,28,33,38H,12-13,18-24,27H2,1-11H3,(H,50,60)(H,51,61)(H,52,56)(H3,48,49,65)/t33-,38-/m0/s1. The monoisotopic (exact) mass is 921 g/mol. The lowest BCUT2D eigenvalue weighted by atomic mass is 9.86. The molecular weight excluding hydrogens is 853 g/mol. The normalized spacial score (nSPS) is 15.3. The summed E-state index contributed by atoms with van der Waals surface area (Å²) in [4.78, 5) is 133. The van der Waals surface area contributed by atoms with Crippen molar-refractivity contribution in [1.29, 1.82) is 0 Å². The zero-order valence-electron chi connectivity index (χ0n) is 40.2. The predicted octanol–water partition coefficient (Wildman–Crippen LogP) is 3.08. The van der Waals surface area contributed by atoms with Crippen molar-refractivity contribution in [2.45, 2.75) is 121 Å². The van der Waals surface area contributed by atoms with Crippen LogP contribution in [0.15, 0.2) is 47.6 Å². The number of ether oxygens (including phenoxy) is 1. The van der Waals surface area contributed by atoms with Gasteiger partial charge in [0.1, 0.15) is 18.7 Å². The molecule has 6 N–H and O–H groups in total. The van der Waals surface area contributed by atoms with E-state index < -0.39 is 87.5 Å². The Morgan fingerprint density at radius 3 is 1.68 bits per heavy atom. The molecule has 0 radical (unpaired) electrons. The van der Waals surface area contributed by atoms with E-state index in [-0.39, 0.29) is 71.0 Å². The predicted molar refractivity (Wildman–Crippen MR) is 244 cm³/mol. The van der Waals surface area contributed by atoms with Crippen molar-refractivity contribution in [1.82, 2.24) is 30.7 Å². The summed E-state index contributed by atoms with van der Waals surface area (Å²) < 4.78 is 5.36. The smallest absolute Gasteiger partial charge is 0.312 e. The number of hydrogen-bond acceptors (Lipinski definition) is 11. The van der Waals surface area contributed by atoms with Gasteiger partial charge < -0.3 is 36.6 Å². The second kappa shape index (κ2) is 22.7. The molecule has 0 unspecified atom stereocenters. The molecule has 0 saturated heterocycles. The molecular formula is C47H68N8O11. The highest BCUT2D eigenvalue weighted by Crippen LogP contribution is 2.32. The molecule has 10 amide bonds. The fourth-order valence-electron chi connectivity index (χ4n) is 6.80. The van der Waals surface area contributed by atoms with Gasteiger partial charge >= 0.3 is 12.0 Å². The molecule has 1 aromatic carbocycles. The van der Waals surface area contributed by atoms with E-state index in [0.717, 1.165) is 9.80 Å². The first-order valence-corrected chi connectivity index (χ1v) is 22.1. The molecule has 2 heterocycles. The Morgan fingerprint density at radius 2 is 1.24 bits per heavy atom. The van der Waals surface area contributed by atoms with Crippen molar-refractivity contribution in [3.05, 3.63) is 53.1 Å². The van der Waals surface area contributed by atoms with Crippen LogP contribution < -0.4 is 27.0 Å². The maximum atomic E-state index is 13.8. The van der Waals surface area contributed by atoms with Crippen molar-refractivity contribution in [3.63, 3.8) is 0 Å². The average Bonchev–Trinajstić information content (AvgIpc) is 3.67. The van der Waals surface area contributed by atoms with E-state index in [1.807, 2.05) is 0 Å². The van der Waals surface area contributed by atoms with Crippen LogP contribution >= 0.6 is 0 Å². The van der Waals surface area contributed by atoms with Gasteiger partial charge in [0, 0.05) is 74.6 Å². The zero-order valence-corrected chi connectivity index (χ0v) is 40.2. The first-order valence-electron chi connectivity index (χ1n) is 22.1. The van der Waals surface area contributed by atoms with Crippen LogP contribution in [0.3, 0.4) is 0 Å². The summed E-state index contributed by atoms with van der Waals surface area (Å²) in [6, 6.07) is 3.55. The Hall–Kier alpha value is -6.40. The van der Waals surface area contributed by atoms with Crippen molar-refractivity contribution < 1.29 is 52.7 Å². The number of esters is 1. The van der Waals surface area contributed by atoms with Crippen LogP contribution in [0.5, 0.6) is 0 Å². The number of amides is 10. The van der Waals surface area contributed by atoms with Crippen LogP contribution in [-0.2, 0) is 54.5 Å². The van der Waals surface area contributed by atoms with E-state index in [4.69, 9.17) is 10.5 Å². The second-order valence-electron chi connectivity index (χ2n) is 19.9. The number of imide groups is 2. The molecule has 362 valence electrons. The molecule has 19 nitrogen and oxygen atoms in total. The number of primary amides is 1. The topological polar surface area (TPSA) is 264 Å². The van der Waals surface area contributed by atoms with E-state index in [0.29, 0.717) is 22.4 Å². The first kappa shape index (κ1) is 53.9. The Morgan fingerprint density at radius 1 is 0.727 bits per heavy atom. The van der Waals surface area contributed by atoms with Crippen LogP contribution in [-0.4, -0.2) is 119 Å². The van der Waals surface area contributed by atoms with Crippen LogP contribution in [0.1, 0.15) is 107 Å². The van der Waals surface area contributed by atoms with Crippen molar-refractivity contribution in [3.8, 4) is 0 Å².